The predicted molar refractivity (Wildman–Crippen MR) is 37.1 cm³/mol. The summed E-state index contributed by atoms with van der Waals surface area (Å²) in [5.74, 6) is 0. The highest BCUT2D eigenvalue weighted by atomic mass is 32.1. The Balaban J connectivity index is 0.000000145. The van der Waals surface area contributed by atoms with Crippen LogP contribution < -0.4 is 0 Å². The molecule has 44 valence electrons. The van der Waals surface area contributed by atoms with E-state index in [2.05, 4.69) is 6.58 Å². The van der Waals surface area contributed by atoms with Crippen molar-refractivity contribution >= 4 is 11.3 Å². The minimum Gasteiger partial charge on any atom is -0.516 e. The summed E-state index contributed by atoms with van der Waals surface area (Å²) in [6, 6.07) is 4.04. The van der Waals surface area contributed by atoms with E-state index in [-0.39, 0.29) is 0 Å². The molecule has 0 aliphatic rings. The molecule has 0 aromatic carbocycles. The standard InChI is InChI=1S/C4H4S.C2H4O/c1-2-4-5-3-1;1-2-3/h1-4H;2-3H,1H2. The maximum atomic E-state index is 7.33. The highest BCUT2D eigenvalue weighted by Crippen LogP contribution is 1.91. The molecule has 1 aromatic heterocycles. The third-order valence-electron chi connectivity index (χ3n) is 0.425. The monoisotopic (exact) mass is 128 g/mol. The quantitative estimate of drug-likeness (QED) is 0.532. The predicted octanol–water partition coefficient (Wildman–Crippen LogP) is 2.44. The van der Waals surface area contributed by atoms with Crippen LogP contribution in [0.4, 0.5) is 0 Å². The van der Waals surface area contributed by atoms with Crippen molar-refractivity contribution in [3.05, 3.63) is 35.7 Å². The average molecular weight is 128 g/mol. The lowest BCUT2D eigenvalue weighted by atomic mass is 10.7. The Morgan fingerprint density at radius 3 is 1.88 bits per heavy atom. The normalized spacial score (nSPS) is 6.50. The minimum absolute atomic E-state index is 0.750. The molecule has 2 heteroatoms. The van der Waals surface area contributed by atoms with Gasteiger partial charge in [0.05, 0.1) is 6.26 Å². The molecule has 1 N–H and O–H groups in total. The highest BCUT2D eigenvalue weighted by Gasteiger charge is 1.58. The average Bonchev–Trinajstić information content (AvgIpc) is 2.17. The molecule has 0 atom stereocenters. The summed E-state index contributed by atoms with van der Waals surface area (Å²) in [5, 5.41) is 11.4. The van der Waals surface area contributed by atoms with Gasteiger partial charge in [-0.3, -0.25) is 0 Å². The second-order valence-electron chi connectivity index (χ2n) is 0.976. The lowest BCUT2D eigenvalue weighted by molar-refractivity contribution is 0.476. The molecule has 0 fully saturated rings. The Kier molecular flexibility index (Phi) is 5.65. The largest absolute Gasteiger partial charge is 0.516 e. The van der Waals surface area contributed by atoms with Gasteiger partial charge >= 0.3 is 0 Å². The van der Waals surface area contributed by atoms with Gasteiger partial charge in [0.2, 0.25) is 0 Å². The van der Waals surface area contributed by atoms with Gasteiger partial charge in [0, 0.05) is 0 Å². The van der Waals surface area contributed by atoms with Gasteiger partial charge in [-0.05, 0) is 10.8 Å². The van der Waals surface area contributed by atoms with Crippen LogP contribution in [0, 0.1) is 0 Å². The first-order valence-corrected chi connectivity index (χ1v) is 3.08. The molecule has 0 aliphatic carbocycles. The van der Waals surface area contributed by atoms with E-state index < -0.39 is 0 Å². The van der Waals surface area contributed by atoms with E-state index in [1.807, 2.05) is 22.9 Å². The molecule has 0 bridgehead atoms. The molecule has 0 spiro atoms. The molecule has 1 nitrogen and oxygen atoms in total. The zero-order valence-electron chi connectivity index (χ0n) is 4.45. The molecule has 0 saturated carbocycles. The molecule has 0 aliphatic heterocycles. The Hall–Kier alpha value is -0.760. The summed E-state index contributed by atoms with van der Waals surface area (Å²) in [6.07, 6.45) is 0.750. The van der Waals surface area contributed by atoms with E-state index in [9.17, 15) is 0 Å². The maximum absolute atomic E-state index is 7.33. The minimum atomic E-state index is 0.750. The Labute approximate surface area is 52.9 Å². The van der Waals surface area contributed by atoms with Crippen LogP contribution in [-0.4, -0.2) is 5.11 Å². The summed E-state index contributed by atoms with van der Waals surface area (Å²) in [4.78, 5) is 0. The third-order valence-corrected chi connectivity index (χ3v) is 1.05. The van der Waals surface area contributed by atoms with Gasteiger partial charge in [-0.15, -0.1) is 0 Å². The van der Waals surface area contributed by atoms with Crippen LogP contribution in [0.3, 0.4) is 0 Å². The number of aliphatic hydroxyl groups is 1. The van der Waals surface area contributed by atoms with Crippen molar-refractivity contribution in [3.63, 3.8) is 0 Å². The Morgan fingerprint density at radius 1 is 1.38 bits per heavy atom. The van der Waals surface area contributed by atoms with Gasteiger partial charge in [0.25, 0.3) is 0 Å². The van der Waals surface area contributed by atoms with Crippen molar-refractivity contribution in [2.75, 3.05) is 0 Å². The molecule has 0 amide bonds. The fraction of sp³-hybridized carbons (Fsp3) is 0. The number of aliphatic hydroxyl groups excluding tert-OH is 1. The van der Waals surface area contributed by atoms with Crippen LogP contribution in [0.25, 0.3) is 0 Å². The van der Waals surface area contributed by atoms with Crippen LogP contribution in [0.5, 0.6) is 0 Å². The smallest absolute Gasteiger partial charge is 0.0719 e. The number of hydrogen-bond donors (Lipinski definition) is 1. The maximum Gasteiger partial charge on any atom is 0.0719 e. The summed E-state index contributed by atoms with van der Waals surface area (Å²) < 4.78 is 0. The van der Waals surface area contributed by atoms with Crippen molar-refractivity contribution in [1.29, 1.82) is 0 Å². The SMILES string of the molecule is C=CO.c1ccsc1. The van der Waals surface area contributed by atoms with E-state index in [0.717, 1.165) is 6.26 Å². The van der Waals surface area contributed by atoms with Crippen LogP contribution in [0.2, 0.25) is 0 Å². The number of hydrogen-bond acceptors (Lipinski definition) is 2. The topological polar surface area (TPSA) is 20.2 Å². The van der Waals surface area contributed by atoms with Crippen molar-refractivity contribution in [1.82, 2.24) is 0 Å². The van der Waals surface area contributed by atoms with Crippen molar-refractivity contribution in [2.24, 2.45) is 0 Å². The van der Waals surface area contributed by atoms with Crippen LogP contribution in [-0.2, 0) is 0 Å². The fourth-order valence-corrected chi connectivity index (χ4v) is 0.680. The summed E-state index contributed by atoms with van der Waals surface area (Å²) in [6.45, 7) is 2.92. The first-order valence-electron chi connectivity index (χ1n) is 2.14. The zero-order chi connectivity index (χ0) is 6.24. The molecule has 0 unspecified atom stereocenters. The lowest BCUT2D eigenvalue weighted by Crippen LogP contribution is -1.25. The summed E-state index contributed by atoms with van der Waals surface area (Å²) in [7, 11) is 0. The van der Waals surface area contributed by atoms with E-state index in [1.165, 1.54) is 0 Å². The van der Waals surface area contributed by atoms with Gasteiger partial charge in [-0.2, -0.15) is 11.3 Å². The van der Waals surface area contributed by atoms with Gasteiger partial charge in [-0.1, -0.05) is 18.7 Å². The van der Waals surface area contributed by atoms with E-state index >= 15 is 0 Å². The number of thiophene rings is 1. The molecule has 1 heterocycles. The van der Waals surface area contributed by atoms with Crippen LogP contribution in [0.15, 0.2) is 35.7 Å². The molecule has 8 heavy (non-hydrogen) atoms. The van der Waals surface area contributed by atoms with Gasteiger partial charge in [0.1, 0.15) is 0 Å². The molecule has 1 aromatic rings. The van der Waals surface area contributed by atoms with Crippen LogP contribution in [0.1, 0.15) is 0 Å². The Morgan fingerprint density at radius 2 is 1.75 bits per heavy atom. The van der Waals surface area contributed by atoms with Crippen molar-refractivity contribution in [2.45, 2.75) is 0 Å². The number of rotatable bonds is 0. The van der Waals surface area contributed by atoms with E-state index in [4.69, 9.17) is 5.11 Å². The fourth-order valence-electron chi connectivity index (χ4n) is 0.227. The second kappa shape index (κ2) is 6.24. The summed E-state index contributed by atoms with van der Waals surface area (Å²) >= 11 is 1.71. The second-order valence-corrected chi connectivity index (χ2v) is 1.79. The van der Waals surface area contributed by atoms with E-state index in [0.29, 0.717) is 0 Å². The van der Waals surface area contributed by atoms with E-state index in [1.54, 1.807) is 11.3 Å². The van der Waals surface area contributed by atoms with Crippen molar-refractivity contribution in [3.8, 4) is 0 Å². The first-order chi connectivity index (χ1) is 3.91. The van der Waals surface area contributed by atoms with Gasteiger partial charge < -0.3 is 5.11 Å². The summed E-state index contributed by atoms with van der Waals surface area (Å²) in [5.41, 5.74) is 0. The first kappa shape index (κ1) is 7.24. The highest BCUT2D eigenvalue weighted by molar-refractivity contribution is 7.07. The lowest BCUT2D eigenvalue weighted by Gasteiger charge is -1.41. The molecule has 1 rings (SSSR count). The Bertz CT molecular complexity index is 94.9. The van der Waals surface area contributed by atoms with Crippen LogP contribution >= 0.6 is 11.3 Å². The van der Waals surface area contributed by atoms with Gasteiger partial charge in [-0.25, -0.2) is 0 Å². The molecule has 0 radical (unpaired) electrons. The molecular formula is C6H8OS. The van der Waals surface area contributed by atoms with Crippen molar-refractivity contribution < 1.29 is 5.11 Å². The third kappa shape index (κ3) is 5.24. The van der Waals surface area contributed by atoms with Gasteiger partial charge in [0.15, 0.2) is 0 Å². The molecular weight excluding hydrogens is 120 g/mol. The zero-order valence-corrected chi connectivity index (χ0v) is 5.27. The molecule has 0 saturated heterocycles.